The highest BCUT2D eigenvalue weighted by atomic mass is 16.5. The normalized spacial score (nSPS) is 18.8. The summed E-state index contributed by atoms with van der Waals surface area (Å²) < 4.78 is 21.5. The van der Waals surface area contributed by atoms with Gasteiger partial charge in [0.2, 0.25) is 0 Å². The SMILES string of the molecule is CCOC(=O)[C@@H]1[C@H](Cc2ccccc2)C(O)N(CCc2ccc(OC)c(OC)c2)C(=O)N1c1ccc(OC)cc1. The van der Waals surface area contributed by atoms with Gasteiger partial charge in [-0.25, -0.2) is 9.59 Å². The van der Waals surface area contributed by atoms with Crippen LogP contribution in [0.15, 0.2) is 72.8 Å². The van der Waals surface area contributed by atoms with Gasteiger partial charge in [0.15, 0.2) is 11.5 Å². The fourth-order valence-corrected chi connectivity index (χ4v) is 5.09. The Hall–Kier alpha value is -4.24. The number of anilines is 1. The van der Waals surface area contributed by atoms with E-state index >= 15 is 0 Å². The van der Waals surface area contributed by atoms with Crippen molar-refractivity contribution < 1.29 is 33.6 Å². The second-order valence-corrected chi connectivity index (χ2v) is 9.45. The molecule has 1 heterocycles. The molecule has 0 aliphatic carbocycles. The standard InChI is InChI=1S/C31H36N2O7/c1-5-40-30(35)28-25(19-21-9-7-6-8-10-21)29(34)32(18-17-22-11-16-26(38-3)27(20-22)39-4)31(36)33(28)23-12-14-24(37-2)15-13-23/h6-16,20,25,28-29,34H,5,17-19H2,1-4H3/t25-,28-,29?/m0/s1. The quantitative estimate of drug-likeness (QED) is 0.357. The lowest BCUT2D eigenvalue weighted by molar-refractivity contribution is -0.150. The Morgan fingerprint density at radius 3 is 2.20 bits per heavy atom. The van der Waals surface area contributed by atoms with Crippen molar-refractivity contribution in [2.75, 3.05) is 39.4 Å². The number of ether oxygens (including phenoxy) is 4. The molecule has 3 aromatic rings. The van der Waals surface area contributed by atoms with Crippen LogP contribution >= 0.6 is 0 Å². The van der Waals surface area contributed by atoms with Crippen molar-refractivity contribution in [3.05, 3.63) is 83.9 Å². The van der Waals surface area contributed by atoms with E-state index in [9.17, 15) is 14.7 Å². The Morgan fingerprint density at radius 1 is 0.875 bits per heavy atom. The molecule has 40 heavy (non-hydrogen) atoms. The first-order valence-corrected chi connectivity index (χ1v) is 13.2. The predicted molar refractivity (Wildman–Crippen MR) is 151 cm³/mol. The fourth-order valence-electron chi connectivity index (χ4n) is 5.09. The minimum atomic E-state index is -1.23. The molecule has 4 rings (SSSR count). The first kappa shape index (κ1) is 28.8. The van der Waals surface area contributed by atoms with E-state index < -0.39 is 30.2 Å². The summed E-state index contributed by atoms with van der Waals surface area (Å²) in [7, 11) is 4.70. The maximum absolute atomic E-state index is 14.1. The lowest BCUT2D eigenvalue weighted by Gasteiger charge is -2.48. The van der Waals surface area contributed by atoms with Gasteiger partial charge in [0.05, 0.1) is 27.9 Å². The molecule has 1 aliphatic heterocycles. The van der Waals surface area contributed by atoms with Crippen LogP contribution < -0.4 is 19.1 Å². The third-order valence-electron chi connectivity index (χ3n) is 7.12. The first-order valence-electron chi connectivity index (χ1n) is 13.2. The number of methoxy groups -OCH3 is 3. The molecule has 3 atom stereocenters. The van der Waals surface area contributed by atoms with Crippen LogP contribution in [0.4, 0.5) is 10.5 Å². The zero-order chi connectivity index (χ0) is 28.6. The van der Waals surface area contributed by atoms with Crippen LogP contribution in [0, 0.1) is 5.92 Å². The van der Waals surface area contributed by atoms with Crippen molar-refractivity contribution in [1.29, 1.82) is 0 Å². The first-order chi connectivity index (χ1) is 19.4. The minimum Gasteiger partial charge on any atom is -0.497 e. The van der Waals surface area contributed by atoms with Crippen molar-refractivity contribution in [3.63, 3.8) is 0 Å². The van der Waals surface area contributed by atoms with E-state index in [4.69, 9.17) is 18.9 Å². The number of hydrogen-bond donors (Lipinski definition) is 1. The van der Waals surface area contributed by atoms with Crippen LogP contribution in [0.5, 0.6) is 17.2 Å². The van der Waals surface area contributed by atoms with Crippen LogP contribution in [0.2, 0.25) is 0 Å². The number of rotatable bonds is 11. The molecule has 9 heteroatoms. The van der Waals surface area contributed by atoms with E-state index in [1.54, 1.807) is 58.6 Å². The number of carbonyl (C=O) groups excluding carboxylic acids is 2. The average molecular weight is 549 g/mol. The summed E-state index contributed by atoms with van der Waals surface area (Å²) in [5.74, 6) is 0.575. The average Bonchev–Trinajstić information content (AvgIpc) is 2.98. The Bertz CT molecular complexity index is 1280. The van der Waals surface area contributed by atoms with Gasteiger partial charge in [-0.2, -0.15) is 0 Å². The number of benzene rings is 3. The summed E-state index contributed by atoms with van der Waals surface area (Å²) in [5.41, 5.74) is 2.34. The van der Waals surface area contributed by atoms with Gasteiger partial charge in [-0.1, -0.05) is 36.4 Å². The molecule has 212 valence electrons. The zero-order valence-corrected chi connectivity index (χ0v) is 23.3. The highest BCUT2D eigenvalue weighted by molar-refractivity contribution is 6.00. The zero-order valence-electron chi connectivity index (χ0n) is 23.3. The number of nitrogens with zero attached hydrogens (tertiary/aromatic N) is 2. The van der Waals surface area contributed by atoms with Gasteiger partial charge in [-0.15, -0.1) is 0 Å². The molecule has 9 nitrogen and oxygen atoms in total. The Morgan fingerprint density at radius 2 is 1.57 bits per heavy atom. The summed E-state index contributed by atoms with van der Waals surface area (Å²) in [4.78, 5) is 30.3. The molecule has 3 aromatic carbocycles. The van der Waals surface area contributed by atoms with Crippen LogP contribution in [-0.2, 0) is 22.4 Å². The van der Waals surface area contributed by atoms with E-state index in [-0.39, 0.29) is 13.2 Å². The number of amides is 2. The van der Waals surface area contributed by atoms with Crippen LogP contribution in [0.1, 0.15) is 18.1 Å². The minimum absolute atomic E-state index is 0.150. The third-order valence-corrected chi connectivity index (χ3v) is 7.12. The summed E-state index contributed by atoms with van der Waals surface area (Å²) in [6.45, 7) is 2.08. The Balaban J connectivity index is 1.72. The van der Waals surface area contributed by atoms with E-state index in [2.05, 4.69) is 0 Å². The largest absolute Gasteiger partial charge is 0.497 e. The Kier molecular flexibility index (Phi) is 9.50. The maximum atomic E-state index is 14.1. The molecule has 1 unspecified atom stereocenters. The molecule has 0 radical (unpaired) electrons. The van der Waals surface area contributed by atoms with Crippen LogP contribution in [0.3, 0.4) is 0 Å². The lowest BCUT2D eigenvalue weighted by atomic mass is 9.86. The van der Waals surface area contributed by atoms with E-state index in [1.807, 2.05) is 42.5 Å². The molecule has 1 N–H and O–H groups in total. The van der Waals surface area contributed by atoms with Crippen molar-refractivity contribution in [3.8, 4) is 17.2 Å². The molecule has 0 aromatic heterocycles. The second-order valence-electron chi connectivity index (χ2n) is 9.45. The summed E-state index contributed by atoms with van der Waals surface area (Å²) >= 11 is 0. The van der Waals surface area contributed by atoms with Crippen molar-refractivity contribution in [1.82, 2.24) is 4.90 Å². The lowest BCUT2D eigenvalue weighted by Crippen LogP contribution is -2.67. The second kappa shape index (κ2) is 13.2. The molecular formula is C31H36N2O7. The molecule has 2 amide bonds. The number of esters is 1. The van der Waals surface area contributed by atoms with E-state index in [0.29, 0.717) is 35.8 Å². The fraction of sp³-hybridized carbons (Fsp3) is 0.355. The molecule has 1 aliphatic rings. The molecule has 0 spiro atoms. The maximum Gasteiger partial charge on any atom is 0.329 e. The van der Waals surface area contributed by atoms with Gasteiger partial charge in [-0.3, -0.25) is 9.80 Å². The summed E-state index contributed by atoms with van der Waals surface area (Å²) in [6, 6.07) is 20.6. The monoisotopic (exact) mass is 548 g/mol. The van der Waals surface area contributed by atoms with Gasteiger partial charge >= 0.3 is 12.0 Å². The van der Waals surface area contributed by atoms with Crippen LogP contribution in [0.25, 0.3) is 0 Å². The van der Waals surface area contributed by atoms with Gasteiger partial charge in [-0.05, 0) is 67.3 Å². The smallest absolute Gasteiger partial charge is 0.329 e. The topological polar surface area (TPSA) is 97.8 Å². The predicted octanol–water partition coefficient (Wildman–Crippen LogP) is 4.31. The number of aliphatic hydroxyl groups is 1. The molecule has 1 saturated heterocycles. The van der Waals surface area contributed by atoms with Crippen molar-refractivity contribution >= 4 is 17.7 Å². The number of hydrogen-bond acceptors (Lipinski definition) is 7. The van der Waals surface area contributed by atoms with E-state index in [0.717, 1.165) is 11.1 Å². The molecule has 1 fully saturated rings. The van der Waals surface area contributed by atoms with Gasteiger partial charge in [0, 0.05) is 18.2 Å². The molecular weight excluding hydrogens is 512 g/mol. The Labute approximate surface area is 234 Å². The van der Waals surface area contributed by atoms with Gasteiger partial charge in [0.25, 0.3) is 0 Å². The number of carbonyl (C=O) groups is 2. The molecule has 0 bridgehead atoms. The highest BCUT2D eigenvalue weighted by Gasteiger charge is 2.50. The third kappa shape index (κ3) is 6.15. The highest BCUT2D eigenvalue weighted by Crippen LogP contribution is 2.35. The number of aliphatic hydroxyl groups excluding tert-OH is 1. The van der Waals surface area contributed by atoms with Crippen molar-refractivity contribution in [2.24, 2.45) is 5.92 Å². The molecule has 0 saturated carbocycles. The summed E-state index contributed by atoms with van der Waals surface area (Å²) in [6.07, 6.45) is -0.420. The van der Waals surface area contributed by atoms with Crippen LogP contribution in [-0.4, -0.2) is 68.8 Å². The van der Waals surface area contributed by atoms with Gasteiger partial charge in [0.1, 0.15) is 18.0 Å². The van der Waals surface area contributed by atoms with E-state index in [1.165, 1.54) is 9.80 Å². The summed E-state index contributed by atoms with van der Waals surface area (Å²) in [5, 5.41) is 11.7. The van der Waals surface area contributed by atoms with Crippen molar-refractivity contribution in [2.45, 2.75) is 32.0 Å². The van der Waals surface area contributed by atoms with Gasteiger partial charge < -0.3 is 24.1 Å². The number of urea groups is 1.